The second kappa shape index (κ2) is 5.53. The van der Waals surface area contributed by atoms with Gasteiger partial charge in [0, 0.05) is 18.5 Å². The lowest BCUT2D eigenvalue weighted by Crippen LogP contribution is -2.41. The molecule has 20 heavy (non-hydrogen) atoms. The van der Waals surface area contributed by atoms with Gasteiger partial charge in [0.25, 0.3) is 0 Å². The van der Waals surface area contributed by atoms with E-state index in [1.165, 1.54) is 6.42 Å². The molecule has 1 saturated heterocycles. The van der Waals surface area contributed by atoms with Gasteiger partial charge in [-0.15, -0.1) is 0 Å². The van der Waals surface area contributed by atoms with E-state index in [-0.39, 0.29) is 6.03 Å². The standard InChI is InChI=1S/C17H20N2O/c1-13-6-5-11-19(12-13)17(20)18-16-10-4-8-14-7-2-3-9-15(14)16/h2-4,7-10,13H,5-6,11-12H2,1H3,(H,18,20)/t13-/m1/s1. The predicted octanol–water partition coefficient (Wildman–Crippen LogP) is 4.10. The monoisotopic (exact) mass is 268 g/mol. The van der Waals surface area contributed by atoms with Gasteiger partial charge in [0.05, 0.1) is 5.69 Å². The van der Waals surface area contributed by atoms with Crippen LogP contribution in [0.25, 0.3) is 10.8 Å². The first-order valence-corrected chi connectivity index (χ1v) is 7.28. The predicted molar refractivity (Wildman–Crippen MR) is 82.9 cm³/mol. The molecule has 0 bridgehead atoms. The minimum Gasteiger partial charge on any atom is -0.324 e. The molecule has 1 aliphatic heterocycles. The first-order chi connectivity index (χ1) is 9.74. The van der Waals surface area contributed by atoms with E-state index in [0.29, 0.717) is 5.92 Å². The number of carbonyl (C=O) groups is 1. The minimum atomic E-state index is 0.0212. The summed E-state index contributed by atoms with van der Waals surface area (Å²) in [6.45, 7) is 3.93. The third kappa shape index (κ3) is 2.62. The Hall–Kier alpha value is -2.03. The Morgan fingerprint density at radius 3 is 2.85 bits per heavy atom. The van der Waals surface area contributed by atoms with Crippen molar-refractivity contribution in [1.82, 2.24) is 4.90 Å². The number of hydrogen-bond donors (Lipinski definition) is 1. The quantitative estimate of drug-likeness (QED) is 0.829. The van der Waals surface area contributed by atoms with Crippen molar-refractivity contribution in [1.29, 1.82) is 0 Å². The van der Waals surface area contributed by atoms with E-state index in [0.717, 1.165) is 36.0 Å². The smallest absolute Gasteiger partial charge is 0.321 e. The summed E-state index contributed by atoms with van der Waals surface area (Å²) in [7, 11) is 0. The van der Waals surface area contributed by atoms with Gasteiger partial charge in [-0.1, -0.05) is 43.3 Å². The number of piperidine rings is 1. The van der Waals surface area contributed by atoms with Crippen LogP contribution in [0.5, 0.6) is 0 Å². The highest BCUT2D eigenvalue weighted by molar-refractivity contribution is 6.01. The van der Waals surface area contributed by atoms with Crippen LogP contribution in [0.15, 0.2) is 42.5 Å². The summed E-state index contributed by atoms with van der Waals surface area (Å²) in [5.74, 6) is 0.599. The Morgan fingerprint density at radius 2 is 2.00 bits per heavy atom. The molecule has 0 aromatic heterocycles. The number of likely N-dealkylation sites (tertiary alicyclic amines) is 1. The first-order valence-electron chi connectivity index (χ1n) is 7.28. The molecule has 1 atom stereocenters. The molecular weight excluding hydrogens is 248 g/mol. The van der Waals surface area contributed by atoms with E-state index in [2.05, 4.69) is 24.4 Å². The molecule has 0 spiro atoms. The Balaban J connectivity index is 1.80. The molecule has 1 heterocycles. The molecule has 2 amide bonds. The number of carbonyl (C=O) groups excluding carboxylic acids is 1. The lowest BCUT2D eigenvalue weighted by Gasteiger charge is -2.31. The van der Waals surface area contributed by atoms with E-state index >= 15 is 0 Å². The van der Waals surface area contributed by atoms with Crippen LogP contribution >= 0.6 is 0 Å². The fraction of sp³-hybridized carbons (Fsp3) is 0.353. The summed E-state index contributed by atoms with van der Waals surface area (Å²) in [4.78, 5) is 14.3. The second-order valence-corrected chi connectivity index (χ2v) is 5.65. The van der Waals surface area contributed by atoms with Gasteiger partial charge in [0.15, 0.2) is 0 Å². The van der Waals surface area contributed by atoms with Crippen molar-refractivity contribution in [3.63, 3.8) is 0 Å². The van der Waals surface area contributed by atoms with Crippen LogP contribution in [-0.4, -0.2) is 24.0 Å². The summed E-state index contributed by atoms with van der Waals surface area (Å²) in [5.41, 5.74) is 0.895. The van der Waals surface area contributed by atoms with Gasteiger partial charge >= 0.3 is 6.03 Å². The number of benzene rings is 2. The van der Waals surface area contributed by atoms with Crippen LogP contribution in [0.3, 0.4) is 0 Å². The van der Waals surface area contributed by atoms with Crippen molar-refractivity contribution in [3.8, 4) is 0 Å². The molecule has 1 fully saturated rings. The Morgan fingerprint density at radius 1 is 1.20 bits per heavy atom. The molecular formula is C17H20N2O. The van der Waals surface area contributed by atoms with E-state index in [1.54, 1.807) is 0 Å². The number of anilines is 1. The third-order valence-corrected chi connectivity index (χ3v) is 3.98. The average Bonchev–Trinajstić information content (AvgIpc) is 2.47. The number of amides is 2. The van der Waals surface area contributed by atoms with Crippen molar-refractivity contribution >= 4 is 22.5 Å². The summed E-state index contributed by atoms with van der Waals surface area (Å²) < 4.78 is 0. The van der Waals surface area contributed by atoms with Gasteiger partial charge in [-0.2, -0.15) is 0 Å². The van der Waals surface area contributed by atoms with Crippen LogP contribution < -0.4 is 5.32 Å². The zero-order chi connectivity index (χ0) is 13.9. The Labute approximate surface area is 119 Å². The molecule has 0 radical (unpaired) electrons. The van der Waals surface area contributed by atoms with E-state index in [1.807, 2.05) is 35.2 Å². The zero-order valence-corrected chi connectivity index (χ0v) is 11.8. The second-order valence-electron chi connectivity index (χ2n) is 5.65. The number of rotatable bonds is 1. The van der Waals surface area contributed by atoms with Gasteiger partial charge in [-0.05, 0) is 30.2 Å². The van der Waals surface area contributed by atoms with Gasteiger partial charge in [-0.25, -0.2) is 4.79 Å². The SMILES string of the molecule is C[C@@H]1CCCN(C(=O)Nc2cccc3ccccc23)C1. The number of urea groups is 1. The molecule has 3 nitrogen and oxygen atoms in total. The van der Waals surface area contributed by atoms with E-state index in [4.69, 9.17) is 0 Å². The van der Waals surface area contributed by atoms with Crippen LogP contribution in [0.1, 0.15) is 19.8 Å². The van der Waals surface area contributed by atoms with Gasteiger partial charge in [0.2, 0.25) is 0 Å². The highest BCUT2D eigenvalue weighted by atomic mass is 16.2. The fourth-order valence-corrected chi connectivity index (χ4v) is 2.90. The van der Waals surface area contributed by atoms with Gasteiger partial charge in [-0.3, -0.25) is 0 Å². The minimum absolute atomic E-state index is 0.0212. The summed E-state index contributed by atoms with van der Waals surface area (Å²) >= 11 is 0. The molecule has 3 rings (SSSR count). The lowest BCUT2D eigenvalue weighted by atomic mass is 10.0. The van der Waals surface area contributed by atoms with E-state index < -0.39 is 0 Å². The largest absolute Gasteiger partial charge is 0.324 e. The van der Waals surface area contributed by atoms with Crippen molar-refractivity contribution in [2.75, 3.05) is 18.4 Å². The summed E-state index contributed by atoms with van der Waals surface area (Å²) in [6.07, 6.45) is 2.32. The van der Waals surface area contributed by atoms with Crippen LogP contribution in [0.2, 0.25) is 0 Å². The van der Waals surface area contributed by atoms with Crippen LogP contribution in [-0.2, 0) is 0 Å². The van der Waals surface area contributed by atoms with E-state index in [9.17, 15) is 4.79 Å². The van der Waals surface area contributed by atoms with Crippen molar-refractivity contribution in [2.45, 2.75) is 19.8 Å². The number of hydrogen-bond acceptors (Lipinski definition) is 1. The van der Waals surface area contributed by atoms with Gasteiger partial charge in [0.1, 0.15) is 0 Å². The van der Waals surface area contributed by atoms with Crippen LogP contribution in [0, 0.1) is 5.92 Å². The summed E-state index contributed by atoms with van der Waals surface area (Å²) in [6, 6.07) is 14.2. The molecule has 2 aromatic carbocycles. The molecule has 0 aliphatic carbocycles. The Bertz CT molecular complexity index is 618. The van der Waals surface area contributed by atoms with Crippen molar-refractivity contribution in [2.24, 2.45) is 5.92 Å². The number of fused-ring (bicyclic) bond motifs is 1. The fourth-order valence-electron chi connectivity index (χ4n) is 2.90. The lowest BCUT2D eigenvalue weighted by molar-refractivity contribution is 0.182. The molecule has 104 valence electrons. The van der Waals surface area contributed by atoms with Crippen molar-refractivity contribution < 1.29 is 4.79 Å². The zero-order valence-electron chi connectivity index (χ0n) is 11.8. The Kier molecular flexibility index (Phi) is 3.59. The number of nitrogens with one attached hydrogen (secondary N) is 1. The molecule has 0 unspecified atom stereocenters. The first kappa shape index (κ1) is 13.0. The highest BCUT2D eigenvalue weighted by Crippen LogP contribution is 2.24. The average molecular weight is 268 g/mol. The van der Waals surface area contributed by atoms with Gasteiger partial charge < -0.3 is 10.2 Å². The normalized spacial score (nSPS) is 19.1. The van der Waals surface area contributed by atoms with Crippen molar-refractivity contribution in [3.05, 3.63) is 42.5 Å². The highest BCUT2D eigenvalue weighted by Gasteiger charge is 2.21. The third-order valence-electron chi connectivity index (χ3n) is 3.98. The molecule has 1 aliphatic rings. The summed E-state index contributed by atoms with van der Waals surface area (Å²) in [5, 5.41) is 5.30. The molecule has 2 aromatic rings. The maximum absolute atomic E-state index is 12.4. The number of nitrogens with zero attached hydrogens (tertiary/aromatic N) is 1. The molecule has 1 N–H and O–H groups in total. The maximum Gasteiger partial charge on any atom is 0.321 e. The maximum atomic E-state index is 12.4. The topological polar surface area (TPSA) is 32.3 Å². The molecule has 3 heteroatoms. The van der Waals surface area contributed by atoms with Crippen LogP contribution in [0.4, 0.5) is 10.5 Å². The molecule has 0 saturated carbocycles.